The number of nitrogens with zero attached hydrogens (tertiary/aromatic N) is 2. The van der Waals surface area contributed by atoms with E-state index in [-0.39, 0.29) is 0 Å². The lowest BCUT2D eigenvalue weighted by Crippen LogP contribution is -2.16. The molecule has 21 heavy (non-hydrogen) atoms. The van der Waals surface area contributed by atoms with Crippen LogP contribution in [0.25, 0.3) is 10.6 Å². The maximum atomic E-state index is 12.0. The first-order chi connectivity index (χ1) is 9.74. The van der Waals surface area contributed by atoms with Crippen LogP contribution in [0.1, 0.15) is 23.5 Å². The number of hydrogen-bond acceptors (Lipinski definition) is 5. The fraction of sp³-hybridized carbons (Fsp3) is 0.417. The van der Waals surface area contributed by atoms with E-state index in [1.54, 1.807) is 5.38 Å². The molecule has 0 aliphatic heterocycles. The monoisotopic (exact) mass is 335 g/mol. The second-order valence-electron chi connectivity index (χ2n) is 4.35. The molecule has 0 unspecified atom stereocenters. The van der Waals surface area contributed by atoms with Crippen molar-refractivity contribution in [2.45, 2.75) is 32.9 Å². The van der Waals surface area contributed by atoms with Gasteiger partial charge >= 0.3 is 6.18 Å². The Balaban J connectivity index is 2.00. The fourth-order valence-corrected chi connectivity index (χ4v) is 3.31. The molecule has 4 nitrogen and oxygen atoms in total. The third-order valence-electron chi connectivity index (χ3n) is 2.52. The van der Waals surface area contributed by atoms with E-state index in [1.807, 2.05) is 13.8 Å². The quantitative estimate of drug-likeness (QED) is 0.912. The Labute approximate surface area is 127 Å². The van der Waals surface area contributed by atoms with Crippen LogP contribution in [0.3, 0.4) is 0 Å². The molecule has 0 aliphatic rings. The Morgan fingerprint density at radius 1 is 1.33 bits per heavy atom. The van der Waals surface area contributed by atoms with Gasteiger partial charge in [-0.1, -0.05) is 0 Å². The van der Waals surface area contributed by atoms with Crippen LogP contribution < -0.4 is 5.32 Å². The van der Waals surface area contributed by atoms with Crippen LogP contribution in [0.5, 0.6) is 0 Å². The normalized spacial score (nSPS) is 11.7. The number of alkyl halides is 3. The van der Waals surface area contributed by atoms with Crippen molar-refractivity contribution in [3.63, 3.8) is 0 Å². The van der Waals surface area contributed by atoms with Gasteiger partial charge < -0.3 is 5.32 Å². The summed E-state index contributed by atoms with van der Waals surface area (Å²) >= 11 is 2.66. The molecule has 0 aromatic carbocycles. The standard InChI is InChI=1S/C12H12F3N3OS2/c1-6-10(21-7(2)16-6)8-5-20-11(17-8)18-9(19)3-4-12(13,14)15/h5H,3-4H2,1-2H3,(H,17,18,19). The second kappa shape index (κ2) is 6.10. The third kappa shape index (κ3) is 4.50. The van der Waals surface area contributed by atoms with Crippen molar-refractivity contribution in [2.24, 2.45) is 0 Å². The molecule has 0 atom stereocenters. The van der Waals surface area contributed by atoms with E-state index in [0.29, 0.717) is 10.8 Å². The lowest BCUT2D eigenvalue weighted by molar-refractivity contribution is -0.142. The number of thiazole rings is 2. The van der Waals surface area contributed by atoms with Gasteiger partial charge in [0.05, 0.1) is 27.7 Å². The number of amides is 1. The Morgan fingerprint density at radius 3 is 2.62 bits per heavy atom. The first-order valence-corrected chi connectivity index (χ1v) is 7.71. The fourth-order valence-electron chi connectivity index (χ4n) is 1.64. The average molecular weight is 335 g/mol. The van der Waals surface area contributed by atoms with Crippen molar-refractivity contribution in [2.75, 3.05) is 5.32 Å². The van der Waals surface area contributed by atoms with Crippen LogP contribution in [-0.4, -0.2) is 22.1 Å². The Hall–Kier alpha value is -1.48. The van der Waals surface area contributed by atoms with Gasteiger partial charge in [0.25, 0.3) is 0 Å². The van der Waals surface area contributed by atoms with Gasteiger partial charge in [0.1, 0.15) is 0 Å². The highest BCUT2D eigenvalue weighted by Gasteiger charge is 2.28. The van der Waals surface area contributed by atoms with Crippen LogP contribution in [0, 0.1) is 13.8 Å². The van der Waals surface area contributed by atoms with Crippen LogP contribution >= 0.6 is 22.7 Å². The second-order valence-corrected chi connectivity index (χ2v) is 6.41. The minimum Gasteiger partial charge on any atom is -0.302 e. The predicted octanol–water partition coefficient (Wildman–Crippen LogP) is 4.16. The summed E-state index contributed by atoms with van der Waals surface area (Å²) in [5, 5.41) is 5.34. The summed E-state index contributed by atoms with van der Waals surface area (Å²) in [6, 6.07) is 0. The molecule has 2 aromatic rings. The Bertz CT molecular complexity index is 648. The van der Waals surface area contributed by atoms with Gasteiger partial charge in [-0.05, 0) is 13.8 Å². The molecule has 0 radical (unpaired) electrons. The van der Waals surface area contributed by atoms with E-state index in [1.165, 1.54) is 22.7 Å². The maximum absolute atomic E-state index is 12.0. The minimum absolute atomic E-state index is 0.294. The number of aryl methyl sites for hydroxylation is 2. The van der Waals surface area contributed by atoms with E-state index < -0.39 is 24.9 Å². The molecule has 0 saturated carbocycles. The molecule has 2 aromatic heterocycles. The zero-order chi connectivity index (χ0) is 15.6. The molecule has 0 fully saturated rings. The first-order valence-electron chi connectivity index (χ1n) is 6.01. The van der Waals surface area contributed by atoms with Gasteiger partial charge in [-0.15, -0.1) is 22.7 Å². The summed E-state index contributed by atoms with van der Waals surface area (Å²) in [6.45, 7) is 3.74. The zero-order valence-corrected chi connectivity index (χ0v) is 12.9. The van der Waals surface area contributed by atoms with Crippen LogP contribution in [-0.2, 0) is 4.79 Å². The predicted molar refractivity (Wildman–Crippen MR) is 76.6 cm³/mol. The third-order valence-corrected chi connectivity index (χ3v) is 4.38. The number of hydrogen-bond donors (Lipinski definition) is 1. The first kappa shape index (κ1) is 15.9. The lowest BCUT2D eigenvalue weighted by atomic mass is 10.3. The van der Waals surface area contributed by atoms with Crippen LogP contribution in [0.15, 0.2) is 5.38 Å². The summed E-state index contributed by atoms with van der Waals surface area (Å²) in [5.74, 6) is -0.689. The summed E-state index contributed by atoms with van der Waals surface area (Å²) in [6.07, 6.45) is -6.07. The van der Waals surface area contributed by atoms with Crippen LogP contribution in [0.4, 0.5) is 18.3 Å². The van der Waals surface area contributed by atoms with Gasteiger partial charge in [0.15, 0.2) is 5.13 Å². The number of anilines is 1. The zero-order valence-electron chi connectivity index (χ0n) is 11.2. The molecule has 0 spiro atoms. The number of halogens is 3. The van der Waals surface area contributed by atoms with Gasteiger partial charge in [0.2, 0.25) is 5.91 Å². The largest absolute Gasteiger partial charge is 0.389 e. The smallest absolute Gasteiger partial charge is 0.302 e. The van der Waals surface area contributed by atoms with Gasteiger partial charge in [0, 0.05) is 11.8 Å². The number of carbonyl (C=O) groups excluding carboxylic acids is 1. The number of carbonyl (C=O) groups is 1. The molecule has 1 amide bonds. The molecule has 9 heteroatoms. The van der Waals surface area contributed by atoms with Crippen LogP contribution in [0.2, 0.25) is 0 Å². The van der Waals surface area contributed by atoms with E-state index in [9.17, 15) is 18.0 Å². The van der Waals surface area contributed by atoms with Gasteiger partial charge in [-0.2, -0.15) is 13.2 Å². The molecule has 0 bridgehead atoms. The molecule has 0 saturated heterocycles. The molecule has 2 heterocycles. The highest BCUT2D eigenvalue weighted by molar-refractivity contribution is 7.16. The molecule has 0 aliphatic carbocycles. The highest BCUT2D eigenvalue weighted by atomic mass is 32.1. The molecule has 114 valence electrons. The summed E-state index contributed by atoms with van der Waals surface area (Å²) in [7, 11) is 0. The Morgan fingerprint density at radius 2 is 2.05 bits per heavy atom. The molecular weight excluding hydrogens is 323 g/mol. The number of nitrogens with one attached hydrogen (secondary N) is 1. The highest BCUT2D eigenvalue weighted by Crippen LogP contribution is 2.32. The van der Waals surface area contributed by atoms with Crippen molar-refractivity contribution < 1.29 is 18.0 Å². The van der Waals surface area contributed by atoms with E-state index in [4.69, 9.17) is 0 Å². The number of rotatable bonds is 4. The van der Waals surface area contributed by atoms with E-state index in [0.717, 1.165) is 15.6 Å². The van der Waals surface area contributed by atoms with E-state index in [2.05, 4.69) is 15.3 Å². The molecular formula is C12H12F3N3OS2. The maximum Gasteiger partial charge on any atom is 0.389 e. The average Bonchev–Trinajstić information content (AvgIpc) is 2.92. The van der Waals surface area contributed by atoms with Crippen molar-refractivity contribution in [3.8, 4) is 10.6 Å². The molecule has 1 N–H and O–H groups in total. The van der Waals surface area contributed by atoms with Crippen molar-refractivity contribution in [1.29, 1.82) is 0 Å². The minimum atomic E-state index is -4.33. The molecule has 2 rings (SSSR count). The van der Waals surface area contributed by atoms with E-state index >= 15 is 0 Å². The van der Waals surface area contributed by atoms with Crippen molar-refractivity contribution in [1.82, 2.24) is 9.97 Å². The Kier molecular flexibility index (Phi) is 4.62. The lowest BCUT2D eigenvalue weighted by Gasteiger charge is -2.05. The van der Waals surface area contributed by atoms with Gasteiger partial charge in [-0.25, -0.2) is 9.97 Å². The summed E-state index contributed by atoms with van der Waals surface area (Å²) < 4.78 is 36.1. The topological polar surface area (TPSA) is 54.9 Å². The van der Waals surface area contributed by atoms with Crippen molar-refractivity contribution in [3.05, 3.63) is 16.1 Å². The van der Waals surface area contributed by atoms with Crippen molar-refractivity contribution >= 4 is 33.7 Å². The summed E-state index contributed by atoms with van der Waals surface area (Å²) in [5.41, 5.74) is 1.52. The number of aromatic nitrogens is 2. The SMILES string of the molecule is Cc1nc(C)c(-c2csc(NC(=O)CCC(F)(F)F)n2)s1. The summed E-state index contributed by atoms with van der Waals surface area (Å²) in [4.78, 5) is 20.8. The van der Waals surface area contributed by atoms with Gasteiger partial charge in [-0.3, -0.25) is 4.79 Å².